The Kier molecular flexibility index (Phi) is 21.1. The highest BCUT2D eigenvalue weighted by atomic mass is 31.1. The predicted octanol–water partition coefficient (Wildman–Crippen LogP) is 9.55. The molecule has 0 aliphatic heterocycles. The Morgan fingerprint density at radius 2 is 0.800 bits per heavy atom. The standard InChI is InChI=1S/C24H51P/c1-5-8-9-10-11-12-13-14-15-16-17-18-19-20-21-22-23-24(4)25(6-2)7-3/h24H,5-23H2,1-4H3. The normalized spacial score (nSPS) is 12.8. The van der Waals surface area contributed by atoms with E-state index in [1.165, 1.54) is 121 Å². The monoisotopic (exact) mass is 370 g/mol. The van der Waals surface area contributed by atoms with Crippen molar-refractivity contribution in [2.45, 2.75) is 143 Å². The topological polar surface area (TPSA) is 0 Å². The zero-order valence-corrected chi connectivity index (χ0v) is 19.4. The lowest BCUT2D eigenvalue weighted by molar-refractivity contribution is 0.527. The van der Waals surface area contributed by atoms with Crippen LogP contribution >= 0.6 is 7.92 Å². The van der Waals surface area contributed by atoms with Crippen molar-refractivity contribution in [3.8, 4) is 0 Å². The van der Waals surface area contributed by atoms with Gasteiger partial charge in [0.1, 0.15) is 0 Å². The highest BCUT2D eigenvalue weighted by molar-refractivity contribution is 7.58. The minimum Gasteiger partial charge on any atom is -0.104 e. The van der Waals surface area contributed by atoms with Crippen molar-refractivity contribution in [2.75, 3.05) is 12.3 Å². The van der Waals surface area contributed by atoms with Crippen molar-refractivity contribution in [1.29, 1.82) is 0 Å². The van der Waals surface area contributed by atoms with E-state index in [1.807, 2.05) is 0 Å². The van der Waals surface area contributed by atoms with Crippen LogP contribution in [0.5, 0.6) is 0 Å². The van der Waals surface area contributed by atoms with Crippen LogP contribution in [0.15, 0.2) is 0 Å². The Bertz CT molecular complexity index is 234. The largest absolute Gasteiger partial charge is 0.104 e. The molecule has 0 heterocycles. The molecule has 1 heteroatoms. The zero-order chi connectivity index (χ0) is 18.6. The fourth-order valence-electron chi connectivity index (χ4n) is 4.02. The molecule has 0 fully saturated rings. The van der Waals surface area contributed by atoms with E-state index in [0.29, 0.717) is 7.92 Å². The van der Waals surface area contributed by atoms with Crippen LogP contribution < -0.4 is 0 Å². The number of hydrogen-bond acceptors (Lipinski definition) is 0. The van der Waals surface area contributed by atoms with Crippen LogP contribution in [0.4, 0.5) is 0 Å². The van der Waals surface area contributed by atoms with Gasteiger partial charge in [-0.05, 0) is 24.4 Å². The summed E-state index contributed by atoms with van der Waals surface area (Å²) in [5.74, 6) is 0. The van der Waals surface area contributed by atoms with Gasteiger partial charge in [0, 0.05) is 0 Å². The van der Waals surface area contributed by atoms with Crippen molar-refractivity contribution >= 4 is 7.92 Å². The predicted molar refractivity (Wildman–Crippen MR) is 122 cm³/mol. The van der Waals surface area contributed by atoms with E-state index < -0.39 is 0 Å². The molecule has 0 radical (unpaired) electrons. The molecule has 0 bridgehead atoms. The quantitative estimate of drug-likeness (QED) is 0.148. The van der Waals surface area contributed by atoms with Gasteiger partial charge in [0.05, 0.1) is 0 Å². The molecular formula is C24H51P. The molecule has 152 valence electrons. The lowest BCUT2D eigenvalue weighted by Gasteiger charge is -2.21. The smallest absolute Gasteiger partial charge is 0.0238 e. The van der Waals surface area contributed by atoms with Crippen LogP contribution in [-0.2, 0) is 0 Å². The molecule has 0 aromatic carbocycles. The molecular weight excluding hydrogens is 319 g/mol. The first-order valence-corrected chi connectivity index (χ1v) is 13.8. The van der Waals surface area contributed by atoms with Crippen molar-refractivity contribution in [3.63, 3.8) is 0 Å². The van der Waals surface area contributed by atoms with Gasteiger partial charge >= 0.3 is 0 Å². The molecule has 0 aliphatic carbocycles. The van der Waals surface area contributed by atoms with E-state index in [1.54, 1.807) is 0 Å². The summed E-state index contributed by atoms with van der Waals surface area (Å²) in [7, 11) is 0.339. The van der Waals surface area contributed by atoms with E-state index in [2.05, 4.69) is 27.7 Å². The van der Waals surface area contributed by atoms with E-state index in [0.717, 1.165) is 5.66 Å². The maximum absolute atomic E-state index is 2.50. The summed E-state index contributed by atoms with van der Waals surface area (Å²) in [6.07, 6.45) is 28.0. The van der Waals surface area contributed by atoms with Gasteiger partial charge in [-0.1, -0.05) is 130 Å². The van der Waals surface area contributed by atoms with Crippen LogP contribution in [0.25, 0.3) is 0 Å². The van der Waals surface area contributed by atoms with Crippen LogP contribution in [0, 0.1) is 0 Å². The third-order valence-corrected chi connectivity index (χ3v) is 9.04. The van der Waals surface area contributed by atoms with E-state index in [9.17, 15) is 0 Å². The maximum atomic E-state index is 2.50. The first-order chi connectivity index (χ1) is 12.3. The Morgan fingerprint density at radius 1 is 0.480 bits per heavy atom. The second-order valence-electron chi connectivity index (χ2n) is 8.16. The summed E-state index contributed by atoms with van der Waals surface area (Å²) in [4.78, 5) is 0. The van der Waals surface area contributed by atoms with Gasteiger partial charge in [0.2, 0.25) is 0 Å². The molecule has 0 spiro atoms. The summed E-state index contributed by atoms with van der Waals surface area (Å²) < 4.78 is 0. The molecule has 1 atom stereocenters. The van der Waals surface area contributed by atoms with Gasteiger partial charge in [-0.15, -0.1) is 7.92 Å². The maximum Gasteiger partial charge on any atom is -0.0238 e. The molecule has 0 nitrogen and oxygen atoms in total. The Morgan fingerprint density at radius 3 is 1.12 bits per heavy atom. The molecule has 0 aromatic heterocycles. The van der Waals surface area contributed by atoms with Crippen molar-refractivity contribution in [1.82, 2.24) is 0 Å². The average Bonchev–Trinajstić information content (AvgIpc) is 2.62. The third-order valence-electron chi connectivity index (χ3n) is 5.91. The zero-order valence-electron chi connectivity index (χ0n) is 18.5. The second-order valence-corrected chi connectivity index (χ2v) is 11.5. The lowest BCUT2D eigenvalue weighted by Crippen LogP contribution is -2.03. The summed E-state index contributed by atoms with van der Waals surface area (Å²) in [6, 6.07) is 0. The number of unbranched alkanes of at least 4 members (excludes halogenated alkanes) is 15. The van der Waals surface area contributed by atoms with Gasteiger partial charge in [0.15, 0.2) is 0 Å². The van der Waals surface area contributed by atoms with Crippen molar-refractivity contribution < 1.29 is 0 Å². The van der Waals surface area contributed by atoms with Gasteiger partial charge in [0.25, 0.3) is 0 Å². The second kappa shape index (κ2) is 20.7. The van der Waals surface area contributed by atoms with E-state index >= 15 is 0 Å². The molecule has 0 aromatic rings. The highest BCUT2D eigenvalue weighted by Gasteiger charge is 2.11. The first kappa shape index (κ1) is 25.4. The Balaban J connectivity index is 3.14. The highest BCUT2D eigenvalue weighted by Crippen LogP contribution is 2.42. The summed E-state index contributed by atoms with van der Waals surface area (Å²) in [5, 5.41) is 0. The summed E-state index contributed by atoms with van der Waals surface area (Å²) in [6.45, 7) is 9.58. The van der Waals surface area contributed by atoms with E-state index in [-0.39, 0.29) is 0 Å². The molecule has 0 saturated carbocycles. The molecule has 0 aliphatic rings. The van der Waals surface area contributed by atoms with Crippen LogP contribution in [0.2, 0.25) is 0 Å². The fourth-order valence-corrected chi connectivity index (χ4v) is 6.26. The minimum atomic E-state index is 0.339. The SMILES string of the molecule is CCCCCCCCCCCCCCCCCCC(C)P(CC)CC. The lowest BCUT2D eigenvalue weighted by atomic mass is 10.0. The summed E-state index contributed by atoms with van der Waals surface area (Å²) in [5.41, 5.74) is 1.01. The minimum absolute atomic E-state index is 0.339. The van der Waals surface area contributed by atoms with Crippen LogP contribution in [-0.4, -0.2) is 18.0 Å². The molecule has 25 heavy (non-hydrogen) atoms. The molecule has 1 unspecified atom stereocenters. The van der Waals surface area contributed by atoms with Crippen molar-refractivity contribution in [3.05, 3.63) is 0 Å². The van der Waals surface area contributed by atoms with Gasteiger partial charge in [-0.25, -0.2) is 0 Å². The third kappa shape index (κ3) is 17.6. The van der Waals surface area contributed by atoms with Crippen LogP contribution in [0.1, 0.15) is 137 Å². The van der Waals surface area contributed by atoms with Gasteiger partial charge in [-0.3, -0.25) is 0 Å². The van der Waals surface area contributed by atoms with E-state index in [4.69, 9.17) is 0 Å². The molecule has 0 N–H and O–H groups in total. The van der Waals surface area contributed by atoms with Crippen molar-refractivity contribution in [2.24, 2.45) is 0 Å². The number of hydrogen-bond donors (Lipinski definition) is 0. The molecule has 0 amide bonds. The van der Waals surface area contributed by atoms with Gasteiger partial charge in [-0.2, -0.15) is 0 Å². The first-order valence-electron chi connectivity index (χ1n) is 12.0. The van der Waals surface area contributed by atoms with Crippen LogP contribution in [0.3, 0.4) is 0 Å². The summed E-state index contributed by atoms with van der Waals surface area (Å²) >= 11 is 0. The molecule has 0 saturated heterocycles. The fraction of sp³-hybridized carbons (Fsp3) is 1.00. The van der Waals surface area contributed by atoms with Gasteiger partial charge < -0.3 is 0 Å². The Labute approximate surface area is 163 Å². The average molecular weight is 371 g/mol. The Hall–Kier alpha value is 0.430. The molecule has 0 rings (SSSR count). The number of rotatable bonds is 20.